The molecule has 0 aliphatic heterocycles. The van der Waals surface area contributed by atoms with Gasteiger partial charge in [0.05, 0.1) is 19.8 Å². The summed E-state index contributed by atoms with van der Waals surface area (Å²) in [7, 11) is 1.54. The first-order chi connectivity index (χ1) is 9.97. The number of aliphatic hydroxyl groups excluding tert-OH is 1. The van der Waals surface area contributed by atoms with E-state index in [0.717, 1.165) is 0 Å². The zero-order valence-corrected chi connectivity index (χ0v) is 12.3. The second kappa shape index (κ2) is 8.11. The molecule has 0 fully saturated rings. The summed E-state index contributed by atoms with van der Waals surface area (Å²) in [5.41, 5.74) is 0.529. The van der Waals surface area contributed by atoms with Gasteiger partial charge in [0.1, 0.15) is 5.75 Å². The maximum absolute atomic E-state index is 11.8. The summed E-state index contributed by atoms with van der Waals surface area (Å²) < 4.78 is 9.79. The summed E-state index contributed by atoms with van der Waals surface area (Å²) in [6.45, 7) is 3.22. The van der Waals surface area contributed by atoms with Gasteiger partial charge < -0.3 is 25.2 Å². The Morgan fingerprint density at radius 3 is 2.38 bits per heavy atom. The molecule has 0 aromatic heterocycles. The van der Waals surface area contributed by atoms with E-state index in [4.69, 9.17) is 9.47 Å². The monoisotopic (exact) mass is 296 g/mol. The molecular formula is C14H20N2O5. The van der Waals surface area contributed by atoms with Gasteiger partial charge in [-0.1, -0.05) is 0 Å². The van der Waals surface area contributed by atoms with E-state index in [2.05, 4.69) is 10.6 Å². The van der Waals surface area contributed by atoms with Gasteiger partial charge in [-0.05, 0) is 38.1 Å². The minimum Gasteiger partial charge on any atom is -0.497 e. The van der Waals surface area contributed by atoms with E-state index >= 15 is 0 Å². The minimum absolute atomic E-state index is 0.170. The van der Waals surface area contributed by atoms with Gasteiger partial charge in [0.2, 0.25) is 0 Å². The quantitative estimate of drug-likeness (QED) is 0.684. The number of ether oxygens (including phenoxy) is 2. The largest absolute Gasteiger partial charge is 0.497 e. The predicted molar refractivity (Wildman–Crippen MR) is 77.3 cm³/mol. The molecule has 1 aromatic carbocycles. The number of carbonyl (C=O) groups is 2. The molecular weight excluding hydrogens is 276 g/mol. The molecule has 0 saturated carbocycles. The van der Waals surface area contributed by atoms with Gasteiger partial charge in [0, 0.05) is 5.69 Å². The highest BCUT2D eigenvalue weighted by atomic mass is 16.5. The highest BCUT2D eigenvalue weighted by molar-refractivity contribution is 5.92. The maximum Gasteiger partial charge on any atom is 0.331 e. The van der Waals surface area contributed by atoms with Crippen molar-refractivity contribution in [2.45, 2.75) is 26.0 Å². The van der Waals surface area contributed by atoms with E-state index in [9.17, 15) is 14.7 Å². The highest BCUT2D eigenvalue weighted by Crippen LogP contribution is 2.14. The molecule has 1 rings (SSSR count). The SMILES string of the molecule is CCOC(=O)C(NC(=O)Nc1ccc(OC)cc1)C(C)O. The van der Waals surface area contributed by atoms with Crippen LogP contribution in [0.25, 0.3) is 0 Å². The minimum atomic E-state index is -1.12. The Hall–Kier alpha value is -2.28. The molecule has 3 N–H and O–H groups in total. The number of hydrogen-bond acceptors (Lipinski definition) is 5. The Kier molecular flexibility index (Phi) is 6.48. The fourth-order valence-corrected chi connectivity index (χ4v) is 1.59. The predicted octanol–water partition coefficient (Wildman–Crippen LogP) is 1.13. The van der Waals surface area contributed by atoms with Crippen molar-refractivity contribution in [2.75, 3.05) is 19.0 Å². The van der Waals surface area contributed by atoms with Gasteiger partial charge in [0.15, 0.2) is 6.04 Å². The third-order valence-electron chi connectivity index (χ3n) is 2.66. The molecule has 2 unspecified atom stereocenters. The van der Waals surface area contributed by atoms with Crippen LogP contribution in [0.2, 0.25) is 0 Å². The lowest BCUT2D eigenvalue weighted by atomic mass is 10.2. The number of anilines is 1. The van der Waals surface area contributed by atoms with E-state index in [-0.39, 0.29) is 6.61 Å². The van der Waals surface area contributed by atoms with E-state index in [1.165, 1.54) is 6.92 Å². The van der Waals surface area contributed by atoms with Crippen LogP contribution in [-0.4, -0.2) is 43.0 Å². The van der Waals surface area contributed by atoms with E-state index in [1.807, 2.05) is 0 Å². The molecule has 21 heavy (non-hydrogen) atoms. The number of aliphatic hydroxyl groups is 1. The topological polar surface area (TPSA) is 96.9 Å². The summed E-state index contributed by atoms with van der Waals surface area (Å²) in [5, 5.41) is 14.5. The third kappa shape index (κ3) is 5.31. The molecule has 0 radical (unpaired) electrons. The molecule has 116 valence electrons. The van der Waals surface area contributed by atoms with E-state index in [1.54, 1.807) is 38.3 Å². The molecule has 0 bridgehead atoms. The summed E-state index contributed by atoms with van der Waals surface area (Å²) >= 11 is 0. The lowest BCUT2D eigenvalue weighted by molar-refractivity contribution is -0.147. The van der Waals surface area contributed by atoms with Crippen molar-refractivity contribution >= 4 is 17.7 Å². The van der Waals surface area contributed by atoms with Gasteiger partial charge in [-0.3, -0.25) is 0 Å². The Bertz CT molecular complexity index is 473. The fraction of sp³-hybridized carbons (Fsp3) is 0.429. The van der Waals surface area contributed by atoms with Crippen molar-refractivity contribution < 1.29 is 24.2 Å². The number of urea groups is 1. The Labute approximate surface area is 123 Å². The first-order valence-electron chi connectivity index (χ1n) is 6.54. The lowest BCUT2D eigenvalue weighted by Crippen LogP contribution is -2.49. The number of nitrogens with one attached hydrogen (secondary N) is 2. The smallest absolute Gasteiger partial charge is 0.331 e. The van der Waals surface area contributed by atoms with Crippen LogP contribution in [0.4, 0.5) is 10.5 Å². The van der Waals surface area contributed by atoms with Crippen LogP contribution in [-0.2, 0) is 9.53 Å². The third-order valence-corrected chi connectivity index (χ3v) is 2.66. The highest BCUT2D eigenvalue weighted by Gasteiger charge is 2.26. The van der Waals surface area contributed by atoms with Crippen molar-refractivity contribution in [3.8, 4) is 5.75 Å². The maximum atomic E-state index is 11.8. The number of rotatable bonds is 6. The van der Waals surface area contributed by atoms with Crippen LogP contribution in [0.15, 0.2) is 24.3 Å². The zero-order chi connectivity index (χ0) is 15.8. The molecule has 0 heterocycles. The lowest BCUT2D eigenvalue weighted by Gasteiger charge is -2.19. The van der Waals surface area contributed by atoms with Gasteiger partial charge in [0.25, 0.3) is 0 Å². The van der Waals surface area contributed by atoms with Crippen molar-refractivity contribution in [3.63, 3.8) is 0 Å². The van der Waals surface area contributed by atoms with Gasteiger partial charge in [-0.25, -0.2) is 9.59 Å². The molecule has 7 nitrogen and oxygen atoms in total. The number of amides is 2. The van der Waals surface area contributed by atoms with Crippen molar-refractivity contribution in [3.05, 3.63) is 24.3 Å². The van der Waals surface area contributed by atoms with Crippen LogP contribution in [0.5, 0.6) is 5.75 Å². The zero-order valence-electron chi connectivity index (χ0n) is 12.3. The average Bonchev–Trinajstić information content (AvgIpc) is 2.45. The van der Waals surface area contributed by atoms with Crippen LogP contribution in [0.1, 0.15) is 13.8 Å². The molecule has 2 atom stereocenters. The summed E-state index contributed by atoms with van der Waals surface area (Å²) in [6, 6.07) is 4.95. The van der Waals surface area contributed by atoms with Crippen LogP contribution >= 0.6 is 0 Å². The second-order valence-electron chi connectivity index (χ2n) is 4.30. The summed E-state index contributed by atoms with van der Waals surface area (Å²) in [4.78, 5) is 23.4. The summed E-state index contributed by atoms with van der Waals surface area (Å²) in [6.07, 6.45) is -1.06. The molecule has 0 spiro atoms. The summed E-state index contributed by atoms with van der Waals surface area (Å²) in [5.74, 6) is -0.0216. The Balaban J connectivity index is 2.62. The van der Waals surface area contributed by atoms with Crippen molar-refractivity contribution in [1.29, 1.82) is 0 Å². The molecule has 0 aliphatic carbocycles. The first-order valence-corrected chi connectivity index (χ1v) is 6.54. The number of esters is 1. The Morgan fingerprint density at radius 2 is 1.90 bits per heavy atom. The van der Waals surface area contributed by atoms with Crippen LogP contribution in [0.3, 0.4) is 0 Å². The van der Waals surface area contributed by atoms with E-state index in [0.29, 0.717) is 11.4 Å². The molecule has 0 saturated heterocycles. The standard InChI is InChI=1S/C14H20N2O5/c1-4-21-13(18)12(9(2)17)16-14(19)15-10-5-7-11(20-3)8-6-10/h5-9,12,17H,4H2,1-3H3,(H2,15,16,19). The van der Waals surface area contributed by atoms with Crippen molar-refractivity contribution in [1.82, 2.24) is 5.32 Å². The normalized spacial score (nSPS) is 13.0. The molecule has 0 aliphatic rings. The first kappa shape index (κ1) is 16.8. The van der Waals surface area contributed by atoms with Gasteiger partial charge in [-0.15, -0.1) is 0 Å². The Morgan fingerprint density at radius 1 is 1.29 bits per heavy atom. The number of methoxy groups -OCH3 is 1. The second-order valence-corrected chi connectivity index (χ2v) is 4.30. The van der Waals surface area contributed by atoms with Crippen LogP contribution in [0, 0.1) is 0 Å². The molecule has 2 amide bonds. The number of carbonyl (C=O) groups excluding carboxylic acids is 2. The van der Waals surface area contributed by atoms with Gasteiger partial charge in [-0.2, -0.15) is 0 Å². The fourth-order valence-electron chi connectivity index (χ4n) is 1.59. The number of benzene rings is 1. The van der Waals surface area contributed by atoms with Crippen LogP contribution < -0.4 is 15.4 Å². The molecule has 1 aromatic rings. The van der Waals surface area contributed by atoms with Crippen molar-refractivity contribution in [2.24, 2.45) is 0 Å². The average molecular weight is 296 g/mol. The molecule has 7 heteroatoms. The number of hydrogen-bond donors (Lipinski definition) is 3. The van der Waals surface area contributed by atoms with Gasteiger partial charge >= 0.3 is 12.0 Å². The van der Waals surface area contributed by atoms with E-state index < -0.39 is 24.1 Å².